The first-order chi connectivity index (χ1) is 15.1. The van der Waals surface area contributed by atoms with Crippen LogP contribution in [0.1, 0.15) is 12.5 Å². The monoisotopic (exact) mass is 433 g/mol. The number of fused-ring (bicyclic) bond motifs is 1. The van der Waals surface area contributed by atoms with E-state index in [4.69, 9.17) is 19.0 Å². The van der Waals surface area contributed by atoms with Crippen LogP contribution in [0.4, 0.5) is 0 Å². The molecule has 0 saturated heterocycles. The van der Waals surface area contributed by atoms with Crippen LogP contribution in [0, 0.1) is 0 Å². The fourth-order valence-corrected chi connectivity index (χ4v) is 3.95. The maximum atomic E-state index is 6.08. The number of methoxy groups -OCH3 is 2. The third kappa shape index (κ3) is 4.32. The Bertz CT molecular complexity index is 1290. The second kappa shape index (κ2) is 9.06. The number of rotatable bonds is 7. The number of hydrogen-bond donors (Lipinski definition) is 0. The van der Waals surface area contributed by atoms with Gasteiger partial charge in [-0.25, -0.2) is 4.68 Å². The molecule has 2 heterocycles. The number of thiazole rings is 1. The summed E-state index contributed by atoms with van der Waals surface area (Å²) in [6.45, 7) is 6.42. The minimum atomic E-state index is 0.526. The van der Waals surface area contributed by atoms with Crippen molar-refractivity contribution in [3.05, 3.63) is 76.4 Å². The third-order valence-electron chi connectivity index (χ3n) is 4.59. The number of ether oxygens (including phenoxy) is 2. The van der Waals surface area contributed by atoms with Crippen molar-refractivity contribution in [1.29, 1.82) is 0 Å². The van der Waals surface area contributed by atoms with E-state index in [1.807, 2.05) is 60.8 Å². The van der Waals surface area contributed by atoms with Gasteiger partial charge in [0.05, 0.1) is 27.0 Å². The minimum absolute atomic E-state index is 0.526. The molecule has 0 fully saturated rings. The highest BCUT2D eigenvalue weighted by molar-refractivity contribution is 7.07. The fourth-order valence-electron chi connectivity index (χ4n) is 3.13. The van der Waals surface area contributed by atoms with Gasteiger partial charge < -0.3 is 13.9 Å². The zero-order valence-electron chi connectivity index (χ0n) is 17.7. The van der Waals surface area contributed by atoms with E-state index in [2.05, 4.69) is 11.6 Å². The number of furan rings is 1. The summed E-state index contributed by atoms with van der Waals surface area (Å²) in [5.74, 6) is 1.99. The molecule has 0 bridgehead atoms. The van der Waals surface area contributed by atoms with E-state index >= 15 is 0 Å². The predicted molar refractivity (Wildman–Crippen MR) is 125 cm³/mol. The zero-order valence-corrected chi connectivity index (χ0v) is 18.5. The second-order valence-corrected chi connectivity index (χ2v) is 7.80. The largest absolute Gasteiger partial charge is 0.493 e. The third-order valence-corrected chi connectivity index (χ3v) is 5.45. The Kier molecular flexibility index (Phi) is 6.04. The molecule has 0 atom stereocenters. The highest BCUT2D eigenvalue weighted by atomic mass is 32.1. The average molecular weight is 434 g/mol. The predicted octanol–water partition coefficient (Wildman–Crippen LogP) is 5.34. The highest BCUT2D eigenvalue weighted by Gasteiger charge is 2.13. The first-order valence-electron chi connectivity index (χ1n) is 9.70. The molecule has 2 aromatic heterocycles. The lowest BCUT2D eigenvalue weighted by molar-refractivity contribution is 0.354. The van der Waals surface area contributed by atoms with Gasteiger partial charge in [0.25, 0.3) is 0 Å². The lowest BCUT2D eigenvalue weighted by Crippen LogP contribution is -2.13. The summed E-state index contributed by atoms with van der Waals surface area (Å²) in [5, 5.41) is 7.76. The van der Waals surface area contributed by atoms with Gasteiger partial charge in [0.2, 0.25) is 4.80 Å². The van der Waals surface area contributed by atoms with Gasteiger partial charge in [-0.2, -0.15) is 5.10 Å². The lowest BCUT2D eigenvalue weighted by Gasteiger charge is -2.09. The summed E-state index contributed by atoms with van der Waals surface area (Å²) < 4.78 is 18.8. The van der Waals surface area contributed by atoms with Crippen LogP contribution in [0.15, 0.2) is 80.6 Å². The Labute approximate surface area is 184 Å². The van der Waals surface area contributed by atoms with E-state index < -0.39 is 0 Å². The van der Waals surface area contributed by atoms with Gasteiger partial charge >= 0.3 is 0 Å². The molecule has 158 valence electrons. The van der Waals surface area contributed by atoms with Crippen LogP contribution in [0.2, 0.25) is 0 Å². The summed E-state index contributed by atoms with van der Waals surface area (Å²) in [4.78, 5) is 5.41. The van der Waals surface area contributed by atoms with Crippen molar-refractivity contribution in [2.24, 2.45) is 10.1 Å². The van der Waals surface area contributed by atoms with Crippen molar-refractivity contribution < 1.29 is 13.9 Å². The van der Waals surface area contributed by atoms with Crippen LogP contribution >= 0.6 is 11.3 Å². The quantitative estimate of drug-likeness (QED) is 0.292. The van der Waals surface area contributed by atoms with Crippen LogP contribution in [-0.4, -0.2) is 31.7 Å². The molecule has 4 aromatic rings. The minimum Gasteiger partial charge on any atom is -0.493 e. The maximum Gasteiger partial charge on any atom is 0.206 e. The SMILES string of the molecule is C=C(C)CN=c1scc(-c2cc3ccccc3o2)n1N=Cc1cccc(OC)c1OC. The van der Waals surface area contributed by atoms with Gasteiger partial charge in [-0.15, -0.1) is 11.3 Å². The van der Waals surface area contributed by atoms with Gasteiger partial charge in [0.1, 0.15) is 11.3 Å². The number of hydrogen-bond acceptors (Lipinski definition) is 6. The van der Waals surface area contributed by atoms with Crippen LogP contribution < -0.4 is 14.3 Å². The van der Waals surface area contributed by atoms with Gasteiger partial charge in [0.15, 0.2) is 17.3 Å². The fraction of sp³-hybridized carbons (Fsp3) is 0.167. The van der Waals surface area contributed by atoms with E-state index in [1.54, 1.807) is 25.1 Å². The molecule has 0 N–H and O–H groups in total. The lowest BCUT2D eigenvalue weighted by atomic mass is 10.2. The molecule has 0 aliphatic carbocycles. The molecule has 0 radical (unpaired) electrons. The molecule has 4 rings (SSSR count). The summed E-state index contributed by atoms with van der Waals surface area (Å²) in [5.41, 5.74) is 3.42. The smallest absolute Gasteiger partial charge is 0.206 e. The zero-order chi connectivity index (χ0) is 21.8. The molecule has 2 aromatic carbocycles. The Hall–Kier alpha value is -3.58. The molecule has 7 heteroatoms. The molecule has 0 aliphatic rings. The Morgan fingerprint density at radius 3 is 2.74 bits per heavy atom. The van der Waals surface area contributed by atoms with E-state index in [0.29, 0.717) is 18.0 Å². The van der Waals surface area contributed by atoms with Crippen molar-refractivity contribution in [2.75, 3.05) is 20.8 Å². The van der Waals surface area contributed by atoms with Gasteiger partial charge in [-0.3, -0.25) is 4.99 Å². The number of para-hydroxylation sites is 2. The number of aromatic nitrogens is 1. The van der Waals surface area contributed by atoms with Gasteiger partial charge in [-0.1, -0.05) is 36.4 Å². The molecular weight excluding hydrogens is 410 g/mol. The molecule has 31 heavy (non-hydrogen) atoms. The summed E-state index contributed by atoms with van der Waals surface area (Å²) in [6, 6.07) is 15.6. The summed E-state index contributed by atoms with van der Waals surface area (Å²) in [7, 11) is 3.22. The van der Waals surface area contributed by atoms with Crippen LogP contribution in [0.25, 0.3) is 22.4 Å². The number of nitrogens with zero attached hydrogens (tertiary/aromatic N) is 3. The first-order valence-corrected chi connectivity index (χ1v) is 10.6. The number of benzene rings is 2. The van der Waals surface area contributed by atoms with Crippen LogP contribution in [0.5, 0.6) is 11.5 Å². The molecule has 0 unspecified atom stereocenters. The molecular formula is C24H23N3O3S. The standard InChI is InChI=1S/C24H23N3O3S/c1-16(2)13-25-24-27(26-14-18-9-7-11-21(28-3)23(18)29-4)19(15-31-24)22-12-17-8-5-6-10-20(17)30-22/h5-12,14-15H,1,13H2,2-4H3. The average Bonchev–Trinajstić information content (AvgIpc) is 3.39. The summed E-state index contributed by atoms with van der Waals surface area (Å²) in [6.07, 6.45) is 1.74. The van der Waals surface area contributed by atoms with E-state index in [0.717, 1.165) is 38.4 Å². The Balaban J connectivity index is 1.83. The van der Waals surface area contributed by atoms with Crippen molar-refractivity contribution in [1.82, 2.24) is 4.68 Å². The Morgan fingerprint density at radius 1 is 1.16 bits per heavy atom. The molecule has 6 nitrogen and oxygen atoms in total. The first kappa shape index (κ1) is 20.7. The molecule has 0 spiro atoms. The molecule has 0 saturated carbocycles. The Morgan fingerprint density at radius 2 is 2.00 bits per heavy atom. The van der Waals surface area contributed by atoms with Crippen molar-refractivity contribution in [2.45, 2.75) is 6.92 Å². The summed E-state index contributed by atoms with van der Waals surface area (Å²) >= 11 is 1.50. The van der Waals surface area contributed by atoms with E-state index in [9.17, 15) is 0 Å². The van der Waals surface area contributed by atoms with Crippen LogP contribution in [-0.2, 0) is 0 Å². The van der Waals surface area contributed by atoms with Crippen molar-refractivity contribution in [3.8, 4) is 23.0 Å². The molecule has 0 aliphatic heterocycles. The normalized spacial score (nSPS) is 12.0. The maximum absolute atomic E-state index is 6.08. The highest BCUT2D eigenvalue weighted by Crippen LogP contribution is 2.30. The topological polar surface area (TPSA) is 61.2 Å². The van der Waals surface area contributed by atoms with Crippen molar-refractivity contribution in [3.63, 3.8) is 0 Å². The van der Waals surface area contributed by atoms with Gasteiger partial charge in [-0.05, 0) is 31.2 Å². The second-order valence-electron chi connectivity index (χ2n) is 6.96. The van der Waals surface area contributed by atoms with Crippen LogP contribution in [0.3, 0.4) is 0 Å². The van der Waals surface area contributed by atoms with E-state index in [-0.39, 0.29) is 0 Å². The van der Waals surface area contributed by atoms with E-state index in [1.165, 1.54) is 11.3 Å². The van der Waals surface area contributed by atoms with Crippen molar-refractivity contribution >= 4 is 28.5 Å². The van der Waals surface area contributed by atoms with Gasteiger partial charge in [0, 0.05) is 16.3 Å². The molecule has 0 amide bonds.